The fourth-order valence-electron chi connectivity index (χ4n) is 2.36. The highest BCUT2D eigenvalue weighted by molar-refractivity contribution is 5.78. The third kappa shape index (κ3) is 5.50. The Balaban J connectivity index is 1.84. The van der Waals surface area contributed by atoms with Gasteiger partial charge in [-0.1, -0.05) is 30.3 Å². The Hall–Kier alpha value is -2.69. The number of hydrogen-bond donors (Lipinski definition) is 1. The van der Waals surface area contributed by atoms with Gasteiger partial charge in [0.05, 0.1) is 12.2 Å². The van der Waals surface area contributed by atoms with Crippen LogP contribution in [0.3, 0.4) is 0 Å². The van der Waals surface area contributed by atoms with Gasteiger partial charge in [0.2, 0.25) is 11.8 Å². The van der Waals surface area contributed by atoms with Gasteiger partial charge in [-0.3, -0.25) is 14.6 Å². The molecule has 0 aliphatic heterocycles. The van der Waals surface area contributed by atoms with Gasteiger partial charge in [0.15, 0.2) is 0 Å². The van der Waals surface area contributed by atoms with E-state index in [1.54, 1.807) is 11.1 Å². The molecule has 1 heterocycles. The first-order valence-corrected chi connectivity index (χ1v) is 8.03. The summed E-state index contributed by atoms with van der Waals surface area (Å²) in [6.45, 7) is 4.88. The van der Waals surface area contributed by atoms with Gasteiger partial charge in [-0.05, 0) is 30.2 Å². The van der Waals surface area contributed by atoms with Crippen LogP contribution in [-0.2, 0) is 22.7 Å². The summed E-state index contributed by atoms with van der Waals surface area (Å²) in [6, 6.07) is 13.5. The summed E-state index contributed by atoms with van der Waals surface area (Å²) in [5.41, 5.74) is 3.05. The van der Waals surface area contributed by atoms with Crippen LogP contribution < -0.4 is 5.32 Å². The molecule has 1 N–H and O–H groups in total. The molecule has 0 unspecified atom stereocenters. The molecule has 0 spiro atoms. The lowest BCUT2D eigenvalue weighted by molar-refractivity contribution is -0.130. The molecule has 2 amide bonds. The molecule has 0 bridgehead atoms. The molecule has 2 rings (SSSR count). The van der Waals surface area contributed by atoms with Crippen molar-refractivity contribution in [1.82, 2.24) is 15.2 Å². The predicted octanol–water partition coefficient (Wildman–Crippen LogP) is 2.45. The normalized spacial score (nSPS) is 10.2. The second kappa shape index (κ2) is 8.82. The van der Waals surface area contributed by atoms with E-state index >= 15 is 0 Å². The highest BCUT2D eigenvalue weighted by Gasteiger charge is 2.12. The SMILES string of the molecule is CC(=O)N(CCC(=O)NCc1ccccn1)Cc1ccccc1C. The topological polar surface area (TPSA) is 62.3 Å². The summed E-state index contributed by atoms with van der Waals surface area (Å²) < 4.78 is 0. The Labute approximate surface area is 142 Å². The standard InChI is InChI=1S/C19H23N3O2/c1-15-7-3-4-8-17(15)14-22(16(2)23)12-10-19(24)21-13-18-9-5-6-11-20-18/h3-9,11H,10,12-14H2,1-2H3,(H,21,24). The van der Waals surface area contributed by atoms with E-state index in [9.17, 15) is 9.59 Å². The van der Waals surface area contributed by atoms with E-state index in [-0.39, 0.29) is 18.2 Å². The van der Waals surface area contributed by atoms with Crippen LogP contribution in [0.25, 0.3) is 0 Å². The zero-order valence-electron chi connectivity index (χ0n) is 14.2. The third-order valence-electron chi connectivity index (χ3n) is 3.87. The number of pyridine rings is 1. The van der Waals surface area contributed by atoms with Gasteiger partial charge < -0.3 is 10.2 Å². The maximum Gasteiger partial charge on any atom is 0.222 e. The number of aromatic nitrogens is 1. The average Bonchev–Trinajstić information content (AvgIpc) is 2.59. The number of rotatable bonds is 7. The van der Waals surface area contributed by atoms with Gasteiger partial charge in [-0.15, -0.1) is 0 Å². The molecule has 0 aliphatic carbocycles. The van der Waals surface area contributed by atoms with Gasteiger partial charge in [0, 0.05) is 32.6 Å². The van der Waals surface area contributed by atoms with E-state index in [0.717, 1.165) is 16.8 Å². The van der Waals surface area contributed by atoms with Crippen molar-refractivity contribution in [3.8, 4) is 0 Å². The molecule has 0 saturated carbocycles. The number of carbonyl (C=O) groups excluding carboxylic acids is 2. The molecule has 1 aromatic carbocycles. The summed E-state index contributed by atoms with van der Waals surface area (Å²) in [5.74, 6) is -0.118. The van der Waals surface area contributed by atoms with Crippen molar-refractivity contribution in [2.75, 3.05) is 6.54 Å². The molecule has 5 nitrogen and oxygen atoms in total. The zero-order chi connectivity index (χ0) is 17.4. The Morgan fingerprint density at radius 2 is 1.88 bits per heavy atom. The van der Waals surface area contributed by atoms with E-state index in [0.29, 0.717) is 19.6 Å². The summed E-state index contributed by atoms with van der Waals surface area (Å²) in [7, 11) is 0. The third-order valence-corrected chi connectivity index (χ3v) is 3.87. The first-order chi connectivity index (χ1) is 11.6. The molecule has 24 heavy (non-hydrogen) atoms. The van der Waals surface area contributed by atoms with E-state index in [2.05, 4.69) is 10.3 Å². The maximum absolute atomic E-state index is 12.0. The lowest BCUT2D eigenvalue weighted by Crippen LogP contribution is -2.33. The van der Waals surface area contributed by atoms with Crippen LogP contribution in [0.4, 0.5) is 0 Å². The summed E-state index contributed by atoms with van der Waals surface area (Å²) in [6.07, 6.45) is 1.97. The Morgan fingerprint density at radius 1 is 1.12 bits per heavy atom. The van der Waals surface area contributed by atoms with Crippen LogP contribution in [-0.4, -0.2) is 28.2 Å². The molecular formula is C19H23N3O2. The minimum atomic E-state index is -0.0864. The zero-order valence-corrected chi connectivity index (χ0v) is 14.2. The average molecular weight is 325 g/mol. The lowest BCUT2D eigenvalue weighted by atomic mass is 10.1. The highest BCUT2D eigenvalue weighted by Crippen LogP contribution is 2.11. The number of amides is 2. The number of hydrogen-bond acceptors (Lipinski definition) is 3. The molecule has 0 radical (unpaired) electrons. The quantitative estimate of drug-likeness (QED) is 0.850. The van der Waals surface area contributed by atoms with E-state index in [1.165, 1.54) is 6.92 Å². The van der Waals surface area contributed by atoms with Crippen molar-refractivity contribution in [3.63, 3.8) is 0 Å². The lowest BCUT2D eigenvalue weighted by Gasteiger charge is -2.22. The minimum Gasteiger partial charge on any atom is -0.350 e. The summed E-state index contributed by atoms with van der Waals surface area (Å²) >= 11 is 0. The van der Waals surface area contributed by atoms with Gasteiger partial charge >= 0.3 is 0 Å². The summed E-state index contributed by atoms with van der Waals surface area (Å²) in [4.78, 5) is 29.7. The fourth-order valence-corrected chi connectivity index (χ4v) is 2.36. The van der Waals surface area contributed by atoms with Crippen molar-refractivity contribution < 1.29 is 9.59 Å². The van der Waals surface area contributed by atoms with Crippen LogP contribution in [0, 0.1) is 6.92 Å². The Bertz CT molecular complexity index is 686. The van der Waals surface area contributed by atoms with Crippen molar-refractivity contribution in [3.05, 3.63) is 65.5 Å². The fraction of sp³-hybridized carbons (Fsp3) is 0.316. The van der Waals surface area contributed by atoms with Crippen molar-refractivity contribution in [2.24, 2.45) is 0 Å². The van der Waals surface area contributed by atoms with Crippen molar-refractivity contribution >= 4 is 11.8 Å². The van der Waals surface area contributed by atoms with E-state index < -0.39 is 0 Å². The Kier molecular flexibility index (Phi) is 6.49. The first kappa shape index (κ1) is 17.7. The molecule has 0 aliphatic rings. The molecule has 0 saturated heterocycles. The molecule has 126 valence electrons. The maximum atomic E-state index is 12.0. The van der Waals surface area contributed by atoms with E-state index in [4.69, 9.17) is 0 Å². The number of aryl methyl sites for hydroxylation is 1. The molecule has 2 aromatic rings. The van der Waals surface area contributed by atoms with Crippen LogP contribution in [0.5, 0.6) is 0 Å². The first-order valence-electron chi connectivity index (χ1n) is 8.03. The molecular weight excluding hydrogens is 302 g/mol. The monoisotopic (exact) mass is 325 g/mol. The van der Waals surface area contributed by atoms with E-state index in [1.807, 2.05) is 49.4 Å². The molecule has 0 fully saturated rings. The van der Waals surface area contributed by atoms with Gasteiger partial charge in [-0.2, -0.15) is 0 Å². The minimum absolute atomic E-state index is 0.0317. The second-order valence-electron chi connectivity index (χ2n) is 5.71. The van der Waals surface area contributed by atoms with Crippen LogP contribution in [0.1, 0.15) is 30.2 Å². The van der Waals surface area contributed by atoms with Crippen LogP contribution >= 0.6 is 0 Å². The Morgan fingerprint density at radius 3 is 2.54 bits per heavy atom. The number of benzene rings is 1. The molecule has 5 heteroatoms. The van der Waals surface area contributed by atoms with Crippen molar-refractivity contribution in [1.29, 1.82) is 0 Å². The number of nitrogens with one attached hydrogen (secondary N) is 1. The van der Waals surface area contributed by atoms with Crippen LogP contribution in [0.2, 0.25) is 0 Å². The largest absolute Gasteiger partial charge is 0.350 e. The molecule has 1 aromatic heterocycles. The predicted molar refractivity (Wildman–Crippen MR) is 93.0 cm³/mol. The molecule has 0 atom stereocenters. The van der Waals surface area contributed by atoms with Crippen LogP contribution in [0.15, 0.2) is 48.7 Å². The smallest absolute Gasteiger partial charge is 0.222 e. The number of carbonyl (C=O) groups is 2. The second-order valence-corrected chi connectivity index (χ2v) is 5.71. The van der Waals surface area contributed by atoms with Gasteiger partial charge in [0.25, 0.3) is 0 Å². The van der Waals surface area contributed by atoms with Gasteiger partial charge in [-0.25, -0.2) is 0 Å². The van der Waals surface area contributed by atoms with Crippen molar-refractivity contribution in [2.45, 2.75) is 33.4 Å². The van der Waals surface area contributed by atoms with Gasteiger partial charge in [0.1, 0.15) is 0 Å². The summed E-state index contributed by atoms with van der Waals surface area (Å²) in [5, 5.41) is 2.83. The highest BCUT2D eigenvalue weighted by atomic mass is 16.2. The number of nitrogens with zero attached hydrogens (tertiary/aromatic N) is 2.